The Labute approximate surface area is 156 Å². The summed E-state index contributed by atoms with van der Waals surface area (Å²) in [6.07, 6.45) is 2.07. The predicted molar refractivity (Wildman–Crippen MR) is 112 cm³/mol. The maximum atomic E-state index is 12.4. The van der Waals surface area contributed by atoms with E-state index in [9.17, 15) is 4.79 Å². The molecule has 0 heterocycles. The van der Waals surface area contributed by atoms with Gasteiger partial charge in [0.05, 0.1) is 5.37 Å². The number of hydrogen-bond donors (Lipinski definition) is 3. The Kier molecular flexibility index (Phi) is 10.4. The second kappa shape index (κ2) is 10.3. The molecule has 0 aromatic carbocycles. The predicted octanol–water partition coefficient (Wildman–Crippen LogP) is 4.61. The van der Waals surface area contributed by atoms with Gasteiger partial charge in [-0.3, -0.25) is 4.79 Å². The fourth-order valence-electron chi connectivity index (χ4n) is 3.19. The molecule has 4 atom stereocenters. The molecule has 0 aliphatic carbocycles. The van der Waals surface area contributed by atoms with E-state index in [1.807, 2.05) is 6.92 Å². The van der Waals surface area contributed by atoms with Crippen molar-refractivity contribution >= 4 is 38.4 Å². The van der Waals surface area contributed by atoms with Crippen LogP contribution < -0.4 is 5.32 Å². The fourth-order valence-corrected chi connectivity index (χ4v) is 3.99. The van der Waals surface area contributed by atoms with Crippen LogP contribution in [-0.4, -0.2) is 23.7 Å². The van der Waals surface area contributed by atoms with Crippen molar-refractivity contribution in [2.24, 2.45) is 23.7 Å². The summed E-state index contributed by atoms with van der Waals surface area (Å²) in [4.78, 5) is 12.4. The van der Waals surface area contributed by atoms with Gasteiger partial charge in [0, 0.05) is 11.1 Å². The molecule has 0 aliphatic rings. The summed E-state index contributed by atoms with van der Waals surface area (Å²) in [6, 6.07) is 0. The number of amides is 1. The summed E-state index contributed by atoms with van der Waals surface area (Å²) < 4.78 is 0. The first-order valence-corrected chi connectivity index (χ1v) is 10.1. The van der Waals surface area contributed by atoms with Crippen LogP contribution in [0.25, 0.3) is 0 Å². The second-order valence-electron chi connectivity index (χ2n) is 8.85. The molecule has 0 saturated carbocycles. The Balaban J connectivity index is 4.45. The highest BCUT2D eigenvalue weighted by molar-refractivity contribution is 7.86. The highest BCUT2D eigenvalue weighted by atomic mass is 32.1. The zero-order valence-corrected chi connectivity index (χ0v) is 18.2. The van der Waals surface area contributed by atoms with Gasteiger partial charge in [0.1, 0.15) is 7.28 Å². The van der Waals surface area contributed by atoms with Gasteiger partial charge in [-0.1, -0.05) is 67.1 Å². The maximum Gasteiger partial charge on any atom is 0.223 e. The van der Waals surface area contributed by atoms with Crippen LogP contribution in [0.4, 0.5) is 0 Å². The van der Waals surface area contributed by atoms with Crippen molar-refractivity contribution in [3.05, 3.63) is 0 Å². The number of carbonyl (C=O) groups excluding carboxylic acids is 1. The Morgan fingerprint density at radius 1 is 1.09 bits per heavy atom. The van der Waals surface area contributed by atoms with E-state index in [0.29, 0.717) is 17.8 Å². The molecule has 0 radical (unpaired) electrons. The third-order valence-electron chi connectivity index (χ3n) is 4.69. The van der Waals surface area contributed by atoms with E-state index in [1.54, 1.807) is 0 Å². The second-order valence-corrected chi connectivity index (χ2v) is 10.1. The van der Waals surface area contributed by atoms with Crippen molar-refractivity contribution in [1.29, 1.82) is 0 Å². The van der Waals surface area contributed by atoms with Gasteiger partial charge >= 0.3 is 0 Å². The smallest absolute Gasteiger partial charge is 0.223 e. The van der Waals surface area contributed by atoms with Gasteiger partial charge in [-0.2, -0.15) is 25.3 Å². The molecular formula is C18H38BNOS2. The van der Waals surface area contributed by atoms with E-state index >= 15 is 0 Å². The lowest BCUT2D eigenvalue weighted by atomic mass is 9.49. The zero-order chi connectivity index (χ0) is 18.4. The number of nitrogens with one attached hydrogen (secondary N) is 1. The SMILES string of the molecule is CC(C)CC(C)(C)BC(S)C(S)NC(=O)C(C)CC(C)C(C)C. The molecule has 23 heavy (non-hydrogen) atoms. The molecule has 0 saturated heterocycles. The van der Waals surface area contributed by atoms with E-state index in [-0.39, 0.29) is 27.7 Å². The normalized spacial score (nSPS) is 17.7. The van der Waals surface area contributed by atoms with Crippen molar-refractivity contribution in [2.75, 3.05) is 0 Å². The van der Waals surface area contributed by atoms with Gasteiger partial charge in [0.2, 0.25) is 5.91 Å². The topological polar surface area (TPSA) is 29.1 Å². The lowest BCUT2D eigenvalue weighted by molar-refractivity contribution is -0.125. The van der Waals surface area contributed by atoms with E-state index in [4.69, 9.17) is 12.6 Å². The third-order valence-corrected chi connectivity index (χ3v) is 5.89. The molecule has 5 heteroatoms. The van der Waals surface area contributed by atoms with Gasteiger partial charge in [0.15, 0.2) is 0 Å². The van der Waals surface area contributed by atoms with Crippen molar-refractivity contribution in [2.45, 2.75) is 84.1 Å². The van der Waals surface area contributed by atoms with Gasteiger partial charge < -0.3 is 5.32 Å². The minimum atomic E-state index is -0.200. The van der Waals surface area contributed by atoms with Crippen LogP contribution in [0, 0.1) is 23.7 Å². The molecule has 136 valence electrons. The van der Waals surface area contributed by atoms with E-state index < -0.39 is 0 Å². The molecule has 0 aliphatic heterocycles. The molecular weight excluding hydrogens is 321 g/mol. The molecule has 0 fully saturated rings. The van der Waals surface area contributed by atoms with Crippen LogP contribution in [0.3, 0.4) is 0 Å². The lowest BCUT2D eigenvalue weighted by Gasteiger charge is -2.31. The molecule has 2 nitrogen and oxygen atoms in total. The van der Waals surface area contributed by atoms with E-state index in [0.717, 1.165) is 20.1 Å². The Hall–Kier alpha value is 0.235. The number of hydrogen-bond acceptors (Lipinski definition) is 3. The Bertz CT molecular complexity index is 361. The van der Waals surface area contributed by atoms with Gasteiger partial charge in [-0.15, -0.1) is 0 Å². The molecule has 1 N–H and O–H groups in total. The number of carbonyl (C=O) groups is 1. The molecule has 0 rings (SSSR count). The van der Waals surface area contributed by atoms with Crippen molar-refractivity contribution in [1.82, 2.24) is 5.32 Å². The molecule has 1 amide bonds. The highest BCUT2D eigenvalue weighted by Crippen LogP contribution is 2.34. The minimum absolute atomic E-state index is 0.0197. The summed E-state index contributed by atoms with van der Waals surface area (Å²) in [6.45, 7) is 17.7. The quantitative estimate of drug-likeness (QED) is 0.297. The summed E-state index contributed by atoms with van der Waals surface area (Å²) >= 11 is 9.28. The Morgan fingerprint density at radius 3 is 2.04 bits per heavy atom. The van der Waals surface area contributed by atoms with Crippen LogP contribution in [-0.2, 0) is 4.79 Å². The molecule has 4 unspecified atom stereocenters. The maximum absolute atomic E-state index is 12.4. The monoisotopic (exact) mass is 359 g/mol. The first-order valence-electron chi connectivity index (χ1n) is 9.02. The van der Waals surface area contributed by atoms with Crippen molar-refractivity contribution < 1.29 is 4.79 Å². The molecule has 0 bridgehead atoms. The van der Waals surface area contributed by atoms with Crippen LogP contribution in [0.15, 0.2) is 0 Å². The standard InChI is InChI=1S/C18H38BNOS2/c1-11(2)10-18(7,8)19-15(22)17(23)20-16(21)14(6)9-13(5)12(3)4/h11-15,17,19,22-23H,9-10H2,1-8H3,(H,20,21). The minimum Gasteiger partial charge on any atom is -0.344 e. The van der Waals surface area contributed by atoms with E-state index in [2.05, 4.69) is 66.4 Å². The lowest BCUT2D eigenvalue weighted by Crippen LogP contribution is -2.44. The first-order chi connectivity index (χ1) is 10.4. The van der Waals surface area contributed by atoms with Crippen LogP contribution >= 0.6 is 25.3 Å². The van der Waals surface area contributed by atoms with Crippen LogP contribution in [0.2, 0.25) is 5.31 Å². The van der Waals surface area contributed by atoms with Gasteiger partial charge in [-0.25, -0.2) is 0 Å². The van der Waals surface area contributed by atoms with E-state index in [1.165, 1.54) is 0 Å². The summed E-state index contributed by atoms with van der Waals surface area (Å²) in [7, 11) is 0.944. The van der Waals surface area contributed by atoms with Crippen molar-refractivity contribution in [3.8, 4) is 0 Å². The average Bonchev–Trinajstić information content (AvgIpc) is 2.35. The van der Waals surface area contributed by atoms with Crippen LogP contribution in [0.1, 0.15) is 68.2 Å². The number of rotatable bonds is 10. The van der Waals surface area contributed by atoms with Gasteiger partial charge in [0.25, 0.3) is 0 Å². The average molecular weight is 359 g/mol. The van der Waals surface area contributed by atoms with Crippen molar-refractivity contribution in [3.63, 3.8) is 0 Å². The summed E-state index contributed by atoms with van der Waals surface area (Å²) in [5.41, 5.74) is 0. The summed E-state index contributed by atoms with van der Waals surface area (Å²) in [5.74, 6) is 1.93. The molecule has 0 aromatic heterocycles. The molecule has 0 spiro atoms. The zero-order valence-electron chi connectivity index (χ0n) is 16.4. The summed E-state index contributed by atoms with van der Waals surface area (Å²) in [5, 5.41) is 3.12. The highest BCUT2D eigenvalue weighted by Gasteiger charge is 2.29. The Morgan fingerprint density at radius 2 is 1.61 bits per heavy atom. The molecule has 0 aromatic rings. The number of thiol groups is 2. The largest absolute Gasteiger partial charge is 0.344 e. The third kappa shape index (κ3) is 9.96. The van der Waals surface area contributed by atoms with Gasteiger partial charge in [-0.05, 0) is 24.2 Å². The fraction of sp³-hybridized carbons (Fsp3) is 0.944. The van der Waals surface area contributed by atoms with Crippen LogP contribution in [0.5, 0.6) is 0 Å². The first kappa shape index (κ1) is 23.2.